The molecule has 2 heterocycles. The van der Waals surface area contributed by atoms with Gasteiger partial charge in [-0.1, -0.05) is 13.8 Å². The maximum absolute atomic E-state index is 12.6. The highest BCUT2D eigenvalue weighted by Gasteiger charge is 2.29. The van der Waals surface area contributed by atoms with Crippen LogP contribution in [0, 0.1) is 19.8 Å². The normalized spacial score (nSPS) is 19.9. The first-order valence-electron chi connectivity index (χ1n) is 7.19. The van der Waals surface area contributed by atoms with Gasteiger partial charge >= 0.3 is 0 Å². The van der Waals surface area contributed by atoms with Gasteiger partial charge in [-0.3, -0.25) is 0 Å². The van der Waals surface area contributed by atoms with Crippen molar-refractivity contribution in [2.24, 2.45) is 5.92 Å². The highest BCUT2D eigenvalue weighted by Crippen LogP contribution is 2.22. The van der Waals surface area contributed by atoms with Crippen LogP contribution in [0.15, 0.2) is 5.16 Å². The molecule has 1 saturated heterocycles. The highest BCUT2D eigenvalue weighted by molar-refractivity contribution is 7.91. The van der Waals surface area contributed by atoms with Crippen LogP contribution in [0.3, 0.4) is 0 Å². The molecule has 0 saturated carbocycles. The third-order valence-corrected chi connectivity index (χ3v) is 5.36. The second-order valence-electron chi connectivity index (χ2n) is 5.99. The fraction of sp³-hybridized carbons (Fsp3) is 0.786. The van der Waals surface area contributed by atoms with E-state index in [1.807, 2.05) is 18.4 Å². The van der Waals surface area contributed by atoms with E-state index in [9.17, 15) is 8.42 Å². The van der Waals surface area contributed by atoms with Crippen molar-refractivity contribution in [1.29, 1.82) is 0 Å². The van der Waals surface area contributed by atoms with Crippen molar-refractivity contribution in [1.82, 2.24) is 9.55 Å². The molecule has 1 aromatic heterocycles. The SMILES string of the molecule is Cc1nc(S(=O)(=O)C[C@H]2CCCO2)n(CC(C)C)c1C. The molecule has 1 atom stereocenters. The molecule has 0 unspecified atom stereocenters. The molecular weight excluding hydrogens is 276 g/mol. The largest absolute Gasteiger partial charge is 0.377 e. The molecule has 0 bridgehead atoms. The topological polar surface area (TPSA) is 61.2 Å². The molecule has 20 heavy (non-hydrogen) atoms. The number of hydrogen-bond donors (Lipinski definition) is 0. The van der Waals surface area contributed by atoms with Crippen molar-refractivity contribution in [2.45, 2.75) is 58.3 Å². The van der Waals surface area contributed by atoms with E-state index in [0.29, 0.717) is 19.1 Å². The van der Waals surface area contributed by atoms with E-state index in [2.05, 4.69) is 18.8 Å². The van der Waals surface area contributed by atoms with Gasteiger partial charge < -0.3 is 9.30 Å². The predicted molar refractivity (Wildman–Crippen MR) is 77.6 cm³/mol. The lowest BCUT2D eigenvalue weighted by molar-refractivity contribution is 0.127. The second kappa shape index (κ2) is 5.85. The molecule has 0 aliphatic carbocycles. The number of imidazole rings is 1. The average Bonchev–Trinajstić information content (AvgIpc) is 2.92. The van der Waals surface area contributed by atoms with Gasteiger partial charge in [0, 0.05) is 18.8 Å². The molecule has 1 aliphatic heterocycles. The Morgan fingerprint density at radius 2 is 2.10 bits per heavy atom. The van der Waals surface area contributed by atoms with Crippen molar-refractivity contribution in [3.63, 3.8) is 0 Å². The molecule has 1 aliphatic rings. The monoisotopic (exact) mass is 300 g/mol. The van der Waals surface area contributed by atoms with Crippen molar-refractivity contribution in [2.75, 3.05) is 12.4 Å². The summed E-state index contributed by atoms with van der Waals surface area (Å²) in [6.07, 6.45) is 1.59. The Balaban J connectivity index is 2.32. The average molecular weight is 300 g/mol. The first-order chi connectivity index (χ1) is 9.31. The van der Waals surface area contributed by atoms with E-state index in [1.165, 1.54) is 0 Å². The molecule has 0 spiro atoms. The summed E-state index contributed by atoms with van der Waals surface area (Å²) in [6.45, 7) is 9.27. The minimum absolute atomic E-state index is 0.0426. The fourth-order valence-electron chi connectivity index (χ4n) is 2.54. The zero-order chi connectivity index (χ0) is 14.9. The van der Waals surface area contributed by atoms with Gasteiger partial charge in [-0.2, -0.15) is 0 Å². The van der Waals surface area contributed by atoms with Crippen LogP contribution in [-0.2, 0) is 21.1 Å². The van der Waals surface area contributed by atoms with Crippen LogP contribution in [0.1, 0.15) is 38.1 Å². The van der Waals surface area contributed by atoms with Crippen LogP contribution < -0.4 is 0 Å². The molecule has 0 amide bonds. The number of nitrogens with zero attached hydrogens (tertiary/aromatic N) is 2. The minimum Gasteiger partial charge on any atom is -0.377 e. The molecule has 1 aromatic rings. The van der Waals surface area contributed by atoms with Crippen LogP contribution in [0.2, 0.25) is 0 Å². The number of aromatic nitrogens is 2. The van der Waals surface area contributed by atoms with Crippen molar-refractivity contribution < 1.29 is 13.2 Å². The van der Waals surface area contributed by atoms with Gasteiger partial charge in [-0.25, -0.2) is 13.4 Å². The van der Waals surface area contributed by atoms with Gasteiger partial charge in [0.2, 0.25) is 15.0 Å². The summed E-state index contributed by atoms with van der Waals surface area (Å²) >= 11 is 0. The van der Waals surface area contributed by atoms with Crippen molar-refractivity contribution in [3.05, 3.63) is 11.4 Å². The summed E-state index contributed by atoms with van der Waals surface area (Å²) in [5, 5.41) is 0.205. The van der Waals surface area contributed by atoms with Gasteiger partial charge in [0.25, 0.3) is 0 Å². The summed E-state index contributed by atoms with van der Waals surface area (Å²) in [5.41, 5.74) is 1.72. The Morgan fingerprint density at radius 3 is 2.65 bits per heavy atom. The number of ether oxygens (including phenoxy) is 1. The van der Waals surface area contributed by atoms with E-state index in [0.717, 1.165) is 24.2 Å². The standard InChI is InChI=1S/C14H24N2O3S/c1-10(2)8-16-12(4)11(3)15-14(16)20(17,18)9-13-6-5-7-19-13/h10,13H,5-9H2,1-4H3/t13-/m1/s1. The maximum atomic E-state index is 12.6. The summed E-state index contributed by atoms with van der Waals surface area (Å²) < 4.78 is 32.5. The number of rotatable bonds is 5. The summed E-state index contributed by atoms with van der Waals surface area (Å²) in [6, 6.07) is 0. The van der Waals surface area contributed by atoms with Crippen LogP contribution in [0.25, 0.3) is 0 Å². The van der Waals surface area contributed by atoms with E-state index in [1.54, 1.807) is 0 Å². The van der Waals surface area contributed by atoms with Crippen LogP contribution in [-0.4, -0.2) is 36.4 Å². The molecule has 6 heteroatoms. The first kappa shape index (κ1) is 15.5. The summed E-state index contributed by atoms with van der Waals surface area (Å²) in [7, 11) is -3.39. The Bertz CT molecular complexity index is 569. The van der Waals surface area contributed by atoms with E-state index in [-0.39, 0.29) is 17.0 Å². The predicted octanol–water partition coefficient (Wildman–Crippen LogP) is 2.11. The Morgan fingerprint density at radius 1 is 1.40 bits per heavy atom. The van der Waals surface area contributed by atoms with Gasteiger partial charge in [-0.15, -0.1) is 0 Å². The lowest BCUT2D eigenvalue weighted by Crippen LogP contribution is -2.24. The molecule has 0 N–H and O–H groups in total. The van der Waals surface area contributed by atoms with Gasteiger partial charge in [-0.05, 0) is 32.6 Å². The van der Waals surface area contributed by atoms with Gasteiger partial charge in [0.1, 0.15) is 0 Å². The zero-order valence-corrected chi connectivity index (χ0v) is 13.5. The first-order valence-corrected chi connectivity index (χ1v) is 8.84. The Kier molecular flexibility index (Phi) is 4.54. The maximum Gasteiger partial charge on any atom is 0.228 e. The molecule has 0 radical (unpaired) electrons. The van der Waals surface area contributed by atoms with Crippen LogP contribution in [0.4, 0.5) is 0 Å². The molecule has 5 nitrogen and oxygen atoms in total. The Labute approximate surface area is 121 Å². The smallest absolute Gasteiger partial charge is 0.228 e. The Hall–Kier alpha value is -0.880. The molecule has 114 valence electrons. The summed E-state index contributed by atoms with van der Waals surface area (Å²) in [4.78, 5) is 4.30. The molecular formula is C14H24N2O3S. The van der Waals surface area contributed by atoms with E-state index in [4.69, 9.17) is 4.74 Å². The number of sulfone groups is 1. The second-order valence-corrected chi connectivity index (χ2v) is 7.91. The lowest BCUT2D eigenvalue weighted by atomic mass is 10.2. The van der Waals surface area contributed by atoms with E-state index < -0.39 is 9.84 Å². The van der Waals surface area contributed by atoms with Gasteiger partial charge in [0.15, 0.2) is 0 Å². The third kappa shape index (κ3) is 3.23. The fourth-order valence-corrected chi connectivity index (χ4v) is 4.26. The lowest BCUT2D eigenvalue weighted by Gasteiger charge is -2.14. The molecule has 2 rings (SSSR count). The van der Waals surface area contributed by atoms with Gasteiger partial charge in [0.05, 0.1) is 17.6 Å². The third-order valence-electron chi connectivity index (χ3n) is 3.68. The highest BCUT2D eigenvalue weighted by atomic mass is 32.2. The molecule has 1 fully saturated rings. The van der Waals surface area contributed by atoms with Crippen LogP contribution >= 0.6 is 0 Å². The quantitative estimate of drug-likeness (QED) is 0.835. The van der Waals surface area contributed by atoms with Crippen molar-refractivity contribution in [3.8, 4) is 0 Å². The number of hydrogen-bond acceptors (Lipinski definition) is 4. The van der Waals surface area contributed by atoms with Crippen molar-refractivity contribution >= 4 is 9.84 Å². The van der Waals surface area contributed by atoms with E-state index >= 15 is 0 Å². The summed E-state index contributed by atoms with van der Waals surface area (Å²) in [5.74, 6) is 0.417. The number of aryl methyl sites for hydroxylation is 1. The van der Waals surface area contributed by atoms with Crippen LogP contribution in [0.5, 0.6) is 0 Å². The minimum atomic E-state index is -3.39. The molecule has 0 aromatic carbocycles. The zero-order valence-electron chi connectivity index (χ0n) is 12.7.